The van der Waals surface area contributed by atoms with Gasteiger partial charge in [0.2, 0.25) is 0 Å². The molecule has 0 spiro atoms. The topological polar surface area (TPSA) is 108 Å². The minimum Gasteiger partial charge on any atom is -0.484 e. The van der Waals surface area contributed by atoms with E-state index < -0.39 is 23.9 Å². The minimum absolute atomic E-state index is 0.483. The standard InChI is InChI=1S/C12H16N2O4/c1-12(2)10(15)9(17-11(14)16)7-4-3-6(13)5-8(7)18-12/h3-5,9-10,15H,13H2,1-2H3,(H2,14,16). The number of rotatable bonds is 1. The number of nitrogens with two attached hydrogens (primary N) is 2. The van der Waals surface area contributed by atoms with E-state index in [-0.39, 0.29) is 0 Å². The van der Waals surface area contributed by atoms with Gasteiger partial charge in [-0.1, -0.05) is 0 Å². The van der Waals surface area contributed by atoms with E-state index in [0.717, 1.165) is 0 Å². The summed E-state index contributed by atoms with van der Waals surface area (Å²) in [5, 5.41) is 10.2. The van der Waals surface area contributed by atoms with Crippen LogP contribution in [0.1, 0.15) is 25.5 Å². The van der Waals surface area contributed by atoms with Gasteiger partial charge in [-0.3, -0.25) is 0 Å². The molecule has 0 aliphatic carbocycles. The molecule has 6 heteroatoms. The van der Waals surface area contributed by atoms with Crippen molar-refractivity contribution in [1.29, 1.82) is 0 Å². The minimum atomic E-state index is -1.01. The van der Waals surface area contributed by atoms with Gasteiger partial charge < -0.3 is 26.0 Å². The number of anilines is 1. The number of hydrogen-bond acceptors (Lipinski definition) is 5. The highest BCUT2D eigenvalue weighted by Crippen LogP contribution is 2.42. The molecule has 2 rings (SSSR count). The first-order chi connectivity index (χ1) is 8.31. The number of nitrogen functional groups attached to an aromatic ring is 1. The third-order valence-electron chi connectivity index (χ3n) is 2.96. The van der Waals surface area contributed by atoms with E-state index in [9.17, 15) is 9.90 Å². The van der Waals surface area contributed by atoms with Crippen molar-refractivity contribution in [2.24, 2.45) is 5.73 Å². The third-order valence-corrected chi connectivity index (χ3v) is 2.96. The molecule has 0 saturated carbocycles. The number of carbonyl (C=O) groups is 1. The van der Waals surface area contributed by atoms with Crippen molar-refractivity contribution in [3.63, 3.8) is 0 Å². The Morgan fingerprint density at radius 1 is 1.50 bits per heavy atom. The van der Waals surface area contributed by atoms with Crippen LogP contribution in [0.3, 0.4) is 0 Å². The zero-order valence-electron chi connectivity index (χ0n) is 10.2. The van der Waals surface area contributed by atoms with Gasteiger partial charge in [-0.25, -0.2) is 4.79 Å². The number of aliphatic hydroxyl groups excluding tert-OH is 1. The second kappa shape index (κ2) is 4.06. The molecule has 6 nitrogen and oxygen atoms in total. The van der Waals surface area contributed by atoms with Crippen molar-refractivity contribution in [3.8, 4) is 5.75 Å². The second-order valence-electron chi connectivity index (χ2n) is 4.81. The quantitative estimate of drug-likeness (QED) is 0.644. The van der Waals surface area contributed by atoms with Crippen LogP contribution in [0.15, 0.2) is 18.2 Å². The van der Waals surface area contributed by atoms with Gasteiger partial charge in [0.25, 0.3) is 0 Å². The van der Waals surface area contributed by atoms with Crippen molar-refractivity contribution in [2.45, 2.75) is 31.7 Å². The third kappa shape index (κ3) is 2.06. The van der Waals surface area contributed by atoms with Crippen LogP contribution in [0.25, 0.3) is 0 Å². The molecule has 0 fully saturated rings. The molecule has 2 unspecified atom stereocenters. The van der Waals surface area contributed by atoms with Crippen LogP contribution in [0, 0.1) is 0 Å². The van der Waals surface area contributed by atoms with E-state index in [2.05, 4.69) is 0 Å². The van der Waals surface area contributed by atoms with Crippen molar-refractivity contribution < 1.29 is 19.4 Å². The van der Waals surface area contributed by atoms with Gasteiger partial charge >= 0.3 is 6.09 Å². The van der Waals surface area contributed by atoms with Crippen LogP contribution in [-0.2, 0) is 4.74 Å². The first kappa shape index (κ1) is 12.5. The first-order valence-electron chi connectivity index (χ1n) is 5.54. The Hall–Kier alpha value is -1.95. The molecule has 0 saturated heterocycles. The Morgan fingerprint density at radius 2 is 2.17 bits per heavy atom. The predicted molar refractivity (Wildman–Crippen MR) is 65.0 cm³/mol. The summed E-state index contributed by atoms with van der Waals surface area (Å²) in [6, 6.07) is 4.92. The largest absolute Gasteiger partial charge is 0.484 e. The lowest BCUT2D eigenvalue weighted by Crippen LogP contribution is -2.50. The van der Waals surface area contributed by atoms with Crippen molar-refractivity contribution in [2.75, 3.05) is 5.73 Å². The van der Waals surface area contributed by atoms with E-state index in [4.69, 9.17) is 20.9 Å². The van der Waals surface area contributed by atoms with Crippen LogP contribution in [0.2, 0.25) is 0 Å². The monoisotopic (exact) mass is 252 g/mol. The normalized spacial score (nSPS) is 24.8. The lowest BCUT2D eigenvalue weighted by Gasteiger charge is -2.41. The summed E-state index contributed by atoms with van der Waals surface area (Å²) in [4.78, 5) is 10.9. The molecule has 5 N–H and O–H groups in total. The van der Waals surface area contributed by atoms with Gasteiger partial charge in [0, 0.05) is 17.3 Å². The summed E-state index contributed by atoms with van der Waals surface area (Å²) in [6.45, 7) is 3.39. The fraction of sp³-hybridized carbons (Fsp3) is 0.417. The number of ether oxygens (including phenoxy) is 2. The number of benzene rings is 1. The molecule has 1 aromatic rings. The van der Waals surface area contributed by atoms with Gasteiger partial charge in [-0.05, 0) is 26.0 Å². The van der Waals surface area contributed by atoms with Crippen LogP contribution in [0.5, 0.6) is 5.75 Å². The van der Waals surface area contributed by atoms with Gasteiger partial charge in [0.05, 0.1) is 0 Å². The Bertz CT molecular complexity index is 487. The molecule has 1 aromatic carbocycles. The molecule has 1 aliphatic rings. The Labute approximate surface area is 104 Å². The fourth-order valence-electron chi connectivity index (χ4n) is 2.01. The molecule has 1 heterocycles. The zero-order valence-corrected chi connectivity index (χ0v) is 10.2. The van der Waals surface area contributed by atoms with Crippen LogP contribution in [-0.4, -0.2) is 22.9 Å². The molecular formula is C12H16N2O4. The Balaban J connectivity index is 2.48. The van der Waals surface area contributed by atoms with Crippen molar-refractivity contribution in [1.82, 2.24) is 0 Å². The van der Waals surface area contributed by atoms with Gasteiger partial charge in [-0.15, -0.1) is 0 Å². The molecule has 0 bridgehead atoms. The van der Waals surface area contributed by atoms with E-state index in [0.29, 0.717) is 17.0 Å². The van der Waals surface area contributed by atoms with Crippen LogP contribution >= 0.6 is 0 Å². The SMILES string of the molecule is CC1(C)Oc2cc(N)ccc2C(OC(N)=O)C1O. The highest BCUT2D eigenvalue weighted by atomic mass is 16.6. The summed E-state index contributed by atoms with van der Waals surface area (Å²) < 4.78 is 10.6. The van der Waals surface area contributed by atoms with Gasteiger partial charge in [0.1, 0.15) is 17.5 Å². The molecule has 1 amide bonds. The number of primary amides is 1. The van der Waals surface area contributed by atoms with E-state index in [1.807, 2.05) is 0 Å². The Kier molecular flexibility index (Phi) is 2.82. The zero-order chi connectivity index (χ0) is 13.5. The molecule has 0 aromatic heterocycles. The molecule has 1 aliphatic heterocycles. The van der Waals surface area contributed by atoms with Crippen LogP contribution in [0.4, 0.5) is 10.5 Å². The van der Waals surface area contributed by atoms with Gasteiger partial charge in [-0.2, -0.15) is 0 Å². The van der Waals surface area contributed by atoms with E-state index in [1.165, 1.54) is 0 Å². The average molecular weight is 252 g/mol. The molecule has 0 radical (unpaired) electrons. The van der Waals surface area contributed by atoms with Crippen molar-refractivity contribution in [3.05, 3.63) is 23.8 Å². The van der Waals surface area contributed by atoms with Gasteiger partial charge in [0.15, 0.2) is 6.10 Å². The maximum Gasteiger partial charge on any atom is 0.405 e. The fourth-order valence-corrected chi connectivity index (χ4v) is 2.01. The summed E-state index contributed by atoms with van der Waals surface area (Å²) in [6.07, 6.45) is -2.82. The predicted octanol–water partition coefficient (Wildman–Crippen LogP) is 0.937. The lowest BCUT2D eigenvalue weighted by atomic mass is 9.88. The first-order valence-corrected chi connectivity index (χ1v) is 5.54. The molecule has 98 valence electrons. The average Bonchev–Trinajstić information content (AvgIpc) is 2.23. The maximum atomic E-state index is 10.9. The van der Waals surface area contributed by atoms with Crippen LogP contribution < -0.4 is 16.2 Å². The van der Waals surface area contributed by atoms with Crippen molar-refractivity contribution >= 4 is 11.8 Å². The number of hydrogen-bond donors (Lipinski definition) is 3. The number of carbonyl (C=O) groups excluding carboxylic acids is 1. The lowest BCUT2D eigenvalue weighted by molar-refractivity contribution is -0.112. The molecule has 18 heavy (non-hydrogen) atoms. The Morgan fingerprint density at radius 3 is 2.78 bits per heavy atom. The highest BCUT2D eigenvalue weighted by molar-refractivity contribution is 5.65. The summed E-state index contributed by atoms with van der Waals surface area (Å²) >= 11 is 0. The smallest absolute Gasteiger partial charge is 0.405 e. The second-order valence-corrected chi connectivity index (χ2v) is 4.81. The molecule has 2 atom stereocenters. The summed E-state index contributed by atoms with van der Waals surface area (Å²) in [5.74, 6) is 0.483. The summed E-state index contributed by atoms with van der Waals surface area (Å²) in [5.41, 5.74) is 10.9. The number of aliphatic hydroxyl groups is 1. The number of amides is 1. The number of fused-ring (bicyclic) bond motifs is 1. The molecular weight excluding hydrogens is 236 g/mol. The van der Waals surface area contributed by atoms with E-state index in [1.54, 1.807) is 32.0 Å². The van der Waals surface area contributed by atoms with E-state index >= 15 is 0 Å². The maximum absolute atomic E-state index is 10.9. The highest BCUT2D eigenvalue weighted by Gasteiger charge is 2.44. The summed E-state index contributed by atoms with van der Waals surface area (Å²) in [7, 11) is 0.